The minimum atomic E-state index is -0.406. The number of aromatic hydroxyl groups is 1. The Labute approximate surface area is 252 Å². The van der Waals surface area contributed by atoms with Crippen LogP contribution in [0.5, 0.6) is 17.2 Å². The van der Waals surface area contributed by atoms with E-state index in [-0.39, 0.29) is 5.75 Å². The average molecular weight is 757 g/mol. The summed E-state index contributed by atoms with van der Waals surface area (Å²) in [4.78, 5) is 15.0. The summed E-state index contributed by atoms with van der Waals surface area (Å²) in [6.45, 7) is 0. The third kappa shape index (κ3) is 8.50. The summed E-state index contributed by atoms with van der Waals surface area (Å²) in [6, 6.07) is 25.5. The molecule has 0 radical (unpaired) electrons. The number of hydrogen-bond donors (Lipinski definition) is 2. The van der Waals surface area contributed by atoms with E-state index in [1.807, 2.05) is 54.6 Å². The Morgan fingerprint density at radius 2 is 1.42 bits per heavy atom. The second kappa shape index (κ2) is 14.2. The minimum absolute atomic E-state index is 0.0550. The number of oxazole rings is 1. The van der Waals surface area contributed by atoms with Crippen molar-refractivity contribution in [2.24, 2.45) is 0 Å². The molecule has 0 fully saturated rings. The number of benzene rings is 4. The van der Waals surface area contributed by atoms with Crippen molar-refractivity contribution in [1.29, 1.82) is 0 Å². The van der Waals surface area contributed by atoms with Crippen molar-refractivity contribution in [2.75, 3.05) is 20.0 Å². The number of rotatable bonds is 4. The Morgan fingerprint density at radius 1 is 0.868 bits per heavy atom. The lowest BCUT2D eigenvalue weighted by Gasteiger charge is -2.01. The molecule has 1 heterocycles. The molecular weight excluding hydrogens is 734 g/mol. The number of anilines is 1. The van der Waals surface area contributed by atoms with Gasteiger partial charge in [0.2, 0.25) is 5.89 Å². The van der Waals surface area contributed by atoms with Gasteiger partial charge in [0.25, 0.3) is 5.24 Å². The molecule has 1 aromatic heterocycles. The zero-order valence-electron chi connectivity index (χ0n) is 20.3. The average Bonchev–Trinajstić information content (AvgIpc) is 3.35. The van der Waals surface area contributed by atoms with Crippen molar-refractivity contribution < 1.29 is 23.8 Å². The summed E-state index contributed by atoms with van der Waals surface area (Å²) < 4.78 is 18.0. The summed E-state index contributed by atoms with van der Waals surface area (Å²) in [7, 11) is 3.17. The molecule has 0 amide bonds. The van der Waals surface area contributed by atoms with Crippen molar-refractivity contribution in [1.82, 2.24) is 4.98 Å². The summed E-state index contributed by atoms with van der Waals surface area (Å²) in [5.41, 5.74) is 8.80. The minimum Gasteiger partial charge on any atom is -0.506 e. The van der Waals surface area contributed by atoms with Gasteiger partial charge in [0.1, 0.15) is 22.8 Å². The van der Waals surface area contributed by atoms with Crippen LogP contribution in [0.2, 0.25) is 0 Å². The number of nitrogens with two attached hydrogens (primary N) is 1. The van der Waals surface area contributed by atoms with Crippen molar-refractivity contribution in [3.05, 3.63) is 97.6 Å². The number of halogens is 3. The van der Waals surface area contributed by atoms with Crippen LogP contribution in [-0.4, -0.2) is 29.6 Å². The number of methoxy groups -OCH3 is 2. The fourth-order valence-corrected chi connectivity index (χ4v) is 3.82. The molecule has 0 unspecified atom stereocenters. The third-order valence-electron chi connectivity index (χ3n) is 5.00. The van der Waals surface area contributed by atoms with Crippen LogP contribution in [0.1, 0.15) is 10.4 Å². The van der Waals surface area contributed by atoms with Gasteiger partial charge in [-0.05, 0) is 130 Å². The van der Waals surface area contributed by atoms with Crippen molar-refractivity contribution in [2.45, 2.75) is 0 Å². The molecular formula is C28H23ClI2N2O5. The van der Waals surface area contributed by atoms with E-state index in [0.29, 0.717) is 22.9 Å². The number of hydrogen-bond acceptors (Lipinski definition) is 7. The first-order valence-electron chi connectivity index (χ1n) is 11.0. The van der Waals surface area contributed by atoms with Crippen LogP contribution >= 0.6 is 56.8 Å². The highest BCUT2D eigenvalue weighted by atomic mass is 127. The highest BCUT2D eigenvalue weighted by Gasteiger charge is 2.08. The van der Waals surface area contributed by atoms with Crippen LogP contribution in [0.15, 0.2) is 89.3 Å². The van der Waals surface area contributed by atoms with E-state index >= 15 is 0 Å². The van der Waals surface area contributed by atoms with Gasteiger partial charge < -0.3 is 24.7 Å². The highest BCUT2D eigenvalue weighted by molar-refractivity contribution is 14.1. The van der Waals surface area contributed by atoms with Crippen LogP contribution in [0.4, 0.5) is 5.69 Å². The zero-order chi connectivity index (χ0) is 27.7. The van der Waals surface area contributed by atoms with E-state index in [1.165, 1.54) is 16.7 Å². The van der Waals surface area contributed by atoms with Gasteiger partial charge >= 0.3 is 0 Å². The zero-order valence-corrected chi connectivity index (χ0v) is 25.4. The Balaban J connectivity index is 0.000000171. The fraction of sp³-hybridized carbons (Fsp3) is 0.0714. The lowest BCUT2D eigenvalue weighted by molar-refractivity contribution is 0.108. The predicted octanol–water partition coefficient (Wildman–Crippen LogP) is 7.76. The second-order valence-electron chi connectivity index (χ2n) is 7.56. The molecule has 0 bridgehead atoms. The van der Waals surface area contributed by atoms with Gasteiger partial charge in [0.05, 0.1) is 19.9 Å². The number of carbonyl (C=O) groups excluding carboxylic acids is 1. The van der Waals surface area contributed by atoms with E-state index in [4.69, 9.17) is 36.3 Å². The van der Waals surface area contributed by atoms with Gasteiger partial charge in [-0.3, -0.25) is 4.79 Å². The summed E-state index contributed by atoms with van der Waals surface area (Å²) >= 11 is 9.65. The maximum Gasteiger partial charge on any atom is 0.252 e. The molecule has 0 spiro atoms. The molecule has 196 valence electrons. The maximum absolute atomic E-state index is 10.5. The SMILES string of the molecule is COc1ccc(N)c(O)c1.COc1ccc2nc(-c3ccc(I)cc3)oc2c1.O=C(Cl)c1ccc(I)cc1. The smallest absolute Gasteiger partial charge is 0.252 e. The maximum atomic E-state index is 10.5. The van der Waals surface area contributed by atoms with Gasteiger partial charge in [-0.2, -0.15) is 0 Å². The summed E-state index contributed by atoms with van der Waals surface area (Å²) in [6.07, 6.45) is 0. The first-order valence-corrected chi connectivity index (χ1v) is 13.5. The standard InChI is InChI=1S/C14H10INO2.C7H4ClIO.C7H9NO2/c1-17-11-6-7-12-13(8-11)18-14(16-12)9-2-4-10(15)5-3-9;8-7(10)5-1-3-6(9)4-2-5;1-10-5-2-3-6(8)7(9)4-5/h2-8H,1H3;1-4H;2-4,9H,8H2,1H3. The number of nitrogens with zero attached hydrogens (tertiary/aromatic N) is 1. The molecule has 5 aromatic rings. The molecule has 7 nitrogen and oxygen atoms in total. The van der Waals surface area contributed by atoms with E-state index in [0.717, 1.165) is 26.0 Å². The van der Waals surface area contributed by atoms with Crippen LogP contribution in [0.25, 0.3) is 22.6 Å². The van der Waals surface area contributed by atoms with E-state index in [9.17, 15) is 4.79 Å². The quantitative estimate of drug-likeness (QED) is 0.0836. The number of phenolic OH excluding ortho intramolecular Hbond substituents is 1. The number of ether oxygens (including phenoxy) is 2. The molecule has 0 atom stereocenters. The van der Waals surface area contributed by atoms with Crippen molar-refractivity contribution in [3.8, 4) is 28.7 Å². The van der Waals surface area contributed by atoms with E-state index in [2.05, 4.69) is 50.2 Å². The number of aromatic nitrogens is 1. The van der Waals surface area contributed by atoms with Crippen LogP contribution in [0, 0.1) is 7.14 Å². The van der Waals surface area contributed by atoms with Crippen LogP contribution in [-0.2, 0) is 0 Å². The van der Waals surface area contributed by atoms with Crippen LogP contribution < -0.4 is 15.2 Å². The van der Waals surface area contributed by atoms with Gasteiger partial charge in [-0.15, -0.1) is 0 Å². The molecule has 0 aliphatic carbocycles. The molecule has 4 aromatic carbocycles. The Hall–Kier alpha value is -3.03. The first kappa shape index (κ1) is 29.5. The number of phenols is 1. The van der Waals surface area contributed by atoms with E-state index < -0.39 is 5.24 Å². The monoisotopic (exact) mass is 756 g/mol. The molecule has 38 heavy (non-hydrogen) atoms. The Bertz CT molecular complexity index is 1510. The van der Waals surface area contributed by atoms with Gasteiger partial charge in [-0.1, -0.05) is 0 Å². The van der Waals surface area contributed by atoms with Gasteiger partial charge in [-0.25, -0.2) is 4.98 Å². The van der Waals surface area contributed by atoms with Crippen LogP contribution in [0.3, 0.4) is 0 Å². The lowest BCUT2D eigenvalue weighted by atomic mass is 10.2. The van der Waals surface area contributed by atoms with Crippen molar-refractivity contribution >= 4 is 78.8 Å². The second-order valence-corrected chi connectivity index (χ2v) is 10.4. The molecule has 0 saturated carbocycles. The number of fused-ring (bicyclic) bond motifs is 1. The largest absolute Gasteiger partial charge is 0.506 e. The Morgan fingerprint density at radius 3 is 1.97 bits per heavy atom. The lowest BCUT2D eigenvalue weighted by Crippen LogP contribution is -1.86. The van der Waals surface area contributed by atoms with E-state index in [1.54, 1.807) is 31.4 Å². The highest BCUT2D eigenvalue weighted by Crippen LogP contribution is 2.27. The molecule has 0 saturated heterocycles. The fourth-order valence-electron chi connectivity index (χ4n) is 2.98. The number of nitrogen functional groups attached to an aromatic ring is 1. The van der Waals surface area contributed by atoms with Gasteiger partial charge in [0.15, 0.2) is 5.58 Å². The molecule has 10 heteroatoms. The summed E-state index contributed by atoms with van der Waals surface area (Å²) in [5, 5.41) is 8.62. The summed E-state index contributed by atoms with van der Waals surface area (Å²) in [5.74, 6) is 2.06. The normalized spacial score (nSPS) is 10.0. The topological polar surface area (TPSA) is 108 Å². The molecule has 0 aliphatic rings. The first-order chi connectivity index (χ1) is 18.2. The Kier molecular flexibility index (Phi) is 11.0. The van der Waals surface area contributed by atoms with Crippen molar-refractivity contribution in [3.63, 3.8) is 0 Å². The predicted molar refractivity (Wildman–Crippen MR) is 167 cm³/mol. The van der Waals surface area contributed by atoms with Gasteiger partial charge in [0, 0.05) is 30.4 Å². The molecule has 3 N–H and O–H groups in total. The molecule has 0 aliphatic heterocycles. The third-order valence-corrected chi connectivity index (χ3v) is 6.65. The molecule has 5 rings (SSSR count). The number of carbonyl (C=O) groups is 1.